The lowest BCUT2D eigenvalue weighted by atomic mass is 9.67. The molecule has 1 saturated carbocycles. The maximum Gasteiger partial charge on any atom is 0.238 e. The third-order valence-electron chi connectivity index (χ3n) is 3.63. The Morgan fingerprint density at radius 1 is 1.44 bits per heavy atom. The molecule has 1 aliphatic rings. The molecular formula is C13H17N3O2. The quantitative estimate of drug-likeness (QED) is 0.329. The number of hydrogen-bond donors (Lipinski definition) is 3. The minimum Gasteiger partial charge on any atom is -0.409 e. The molecule has 1 amide bonds. The van der Waals surface area contributed by atoms with Gasteiger partial charge in [0.15, 0.2) is 5.84 Å². The maximum absolute atomic E-state index is 12.3. The minimum atomic E-state index is -0.836. The average molecular weight is 247 g/mol. The Kier molecular flexibility index (Phi) is 3.23. The van der Waals surface area contributed by atoms with Crippen LogP contribution in [0.1, 0.15) is 24.8 Å². The topological polar surface area (TPSA) is 87.7 Å². The Morgan fingerprint density at radius 3 is 2.61 bits per heavy atom. The Morgan fingerprint density at radius 2 is 2.11 bits per heavy atom. The first-order valence-corrected chi connectivity index (χ1v) is 5.95. The Bertz CT molecular complexity index is 493. The third kappa shape index (κ3) is 1.92. The second-order valence-electron chi connectivity index (χ2n) is 4.69. The maximum atomic E-state index is 12.3. The van der Waals surface area contributed by atoms with E-state index in [-0.39, 0.29) is 11.7 Å². The molecule has 96 valence electrons. The van der Waals surface area contributed by atoms with Gasteiger partial charge in [-0.1, -0.05) is 29.8 Å². The summed E-state index contributed by atoms with van der Waals surface area (Å²) in [5, 5.41) is 14.6. The number of amides is 1. The van der Waals surface area contributed by atoms with E-state index in [1.165, 1.54) is 0 Å². The van der Waals surface area contributed by atoms with Crippen LogP contribution in [-0.2, 0) is 4.79 Å². The van der Waals surface area contributed by atoms with Crippen molar-refractivity contribution < 1.29 is 10.0 Å². The van der Waals surface area contributed by atoms with E-state index >= 15 is 0 Å². The number of carbonyl (C=O) groups excluding carboxylic acids is 1. The molecule has 0 atom stereocenters. The fourth-order valence-electron chi connectivity index (χ4n) is 2.18. The van der Waals surface area contributed by atoms with Gasteiger partial charge < -0.3 is 16.3 Å². The van der Waals surface area contributed by atoms with Gasteiger partial charge in [-0.2, -0.15) is 0 Å². The van der Waals surface area contributed by atoms with Crippen LogP contribution in [0.25, 0.3) is 0 Å². The van der Waals surface area contributed by atoms with Gasteiger partial charge in [0.2, 0.25) is 5.91 Å². The van der Waals surface area contributed by atoms with Gasteiger partial charge in [0.25, 0.3) is 0 Å². The van der Waals surface area contributed by atoms with Crippen LogP contribution in [0.5, 0.6) is 0 Å². The zero-order valence-corrected chi connectivity index (χ0v) is 10.3. The van der Waals surface area contributed by atoms with E-state index in [2.05, 4.69) is 10.5 Å². The van der Waals surface area contributed by atoms with Crippen LogP contribution in [-0.4, -0.2) is 17.0 Å². The number of nitrogens with zero attached hydrogens (tertiary/aromatic N) is 1. The molecule has 0 saturated heterocycles. The van der Waals surface area contributed by atoms with Crippen molar-refractivity contribution in [3.63, 3.8) is 0 Å². The largest absolute Gasteiger partial charge is 0.409 e. The number of aryl methyl sites for hydroxylation is 1. The third-order valence-corrected chi connectivity index (χ3v) is 3.63. The fraction of sp³-hybridized carbons (Fsp3) is 0.385. The second kappa shape index (κ2) is 4.68. The van der Waals surface area contributed by atoms with Crippen LogP contribution in [0.2, 0.25) is 0 Å². The lowest BCUT2D eigenvalue weighted by molar-refractivity contribution is -0.125. The molecule has 1 fully saturated rings. The molecule has 0 radical (unpaired) electrons. The lowest BCUT2D eigenvalue weighted by Crippen LogP contribution is -2.51. The van der Waals surface area contributed by atoms with E-state index in [0.717, 1.165) is 17.7 Å². The van der Waals surface area contributed by atoms with Crippen LogP contribution in [0.4, 0.5) is 5.69 Å². The summed E-state index contributed by atoms with van der Waals surface area (Å²) in [7, 11) is 0. The van der Waals surface area contributed by atoms with E-state index in [1.54, 1.807) is 0 Å². The predicted octanol–water partition coefficient (Wildman–Crippen LogP) is 1.85. The van der Waals surface area contributed by atoms with Crippen LogP contribution < -0.4 is 11.1 Å². The van der Waals surface area contributed by atoms with Gasteiger partial charge in [0, 0.05) is 5.69 Å². The molecule has 1 aliphatic carbocycles. The summed E-state index contributed by atoms with van der Waals surface area (Å²) in [5.74, 6) is -0.196. The number of carbonyl (C=O) groups is 1. The number of anilines is 1. The molecule has 0 heterocycles. The number of amidine groups is 1. The van der Waals surface area contributed by atoms with Crippen LogP contribution >= 0.6 is 0 Å². The zero-order valence-electron chi connectivity index (χ0n) is 10.3. The van der Waals surface area contributed by atoms with Gasteiger partial charge in [0.05, 0.1) is 0 Å². The number of oxime groups is 1. The molecule has 2 rings (SSSR count). The standard InChI is InChI=1S/C13H17N3O2/c1-9-5-2-3-6-10(9)15-12(17)13(7-4-8-13)11(14)16-18/h2-3,5-6,18H,4,7-8H2,1H3,(H2,14,16)(H,15,17). The first-order valence-electron chi connectivity index (χ1n) is 5.95. The van der Waals surface area contributed by atoms with Crippen molar-refractivity contribution in [1.29, 1.82) is 0 Å². The van der Waals surface area contributed by atoms with Crippen molar-refractivity contribution in [2.75, 3.05) is 5.32 Å². The molecule has 5 heteroatoms. The van der Waals surface area contributed by atoms with Crippen molar-refractivity contribution >= 4 is 17.4 Å². The molecule has 5 nitrogen and oxygen atoms in total. The van der Waals surface area contributed by atoms with Crippen LogP contribution in [0.15, 0.2) is 29.4 Å². The zero-order chi connectivity index (χ0) is 13.2. The molecule has 0 unspecified atom stereocenters. The van der Waals surface area contributed by atoms with Crippen molar-refractivity contribution in [2.24, 2.45) is 16.3 Å². The predicted molar refractivity (Wildman–Crippen MR) is 69.5 cm³/mol. The summed E-state index contributed by atoms with van der Waals surface area (Å²) in [6.45, 7) is 1.92. The fourth-order valence-corrected chi connectivity index (χ4v) is 2.18. The van der Waals surface area contributed by atoms with Gasteiger partial charge in [-0.3, -0.25) is 4.79 Å². The normalized spacial score (nSPS) is 17.9. The molecular weight excluding hydrogens is 230 g/mol. The van der Waals surface area contributed by atoms with Crippen LogP contribution in [0, 0.1) is 12.3 Å². The van der Waals surface area contributed by atoms with E-state index in [4.69, 9.17) is 10.9 Å². The van der Waals surface area contributed by atoms with Crippen molar-refractivity contribution in [1.82, 2.24) is 0 Å². The summed E-state index contributed by atoms with van der Waals surface area (Å²) in [6, 6.07) is 7.53. The molecule has 0 spiro atoms. The summed E-state index contributed by atoms with van der Waals surface area (Å²) in [4.78, 5) is 12.3. The number of para-hydroxylation sites is 1. The highest BCUT2D eigenvalue weighted by Gasteiger charge is 2.48. The highest BCUT2D eigenvalue weighted by atomic mass is 16.4. The van der Waals surface area contributed by atoms with E-state index in [0.29, 0.717) is 12.8 Å². The highest BCUT2D eigenvalue weighted by molar-refractivity contribution is 6.12. The monoisotopic (exact) mass is 247 g/mol. The van der Waals surface area contributed by atoms with E-state index in [9.17, 15) is 4.79 Å². The smallest absolute Gasteiger partial charge is 0.238 e. The van der Waals surface area contributed by atoms with E-state index in [1.807, 2.05) is 31.2 Å². The minimum absolute atomic E-state index is 0.000154. The van der Waals surface area contributed by atoms with Gasteiger partial charge in [-0.25, -0.2) is 0 Å². The molecule has 1 aromatic carbocycles. The summed E-state index contributed by atoms with van der Waals surface area (Å²) in [5.41, 5.74) is 6.56. The van der Waals surface area contributed by atoms with Crippen molar-refractivity contribution in [2.45, 2.75) is 26.2 Å². The molecule has 4 N–H and O–H groups in total. The summed E-state index contributed by atoms with van der Waals surface area (Å²) >= 11 is 0. The first kappa shape index (κ1) is 12.4. The Balaban J connectivity index is 2.20. The number of benzene rings is 1. The summed E-state index contributed by atoms with van der Waals surface area (Å²) < 4.78 is 0. The number of rotatable bonds is 3. The van der Waals surface area contributed by atoms with Crippen LogP contribution in [0.3, 0.4) is 0 Å². The average Bonchev–Trinajstić information content (AvgIpc) is 2.30. The first-order chi connectivity index (χ1) is 8.60. The van der Waals surface area contributed by atoms with Crippen molar-refractivity contribution in [3.05, 3.63) is 29.8 Å². The number of hydrogen-bond acceptors (Lipinski definition) is 3. The molecule has 0 bridgehead atoms. The van der Waals surface area contributed by atoms with Gasteiger partial charge in [-0.05, 0) is 31.4 Å². The van der Waals surface area contributed by atoms with Gasteiger partial charge in [-0.15, -0.1) is 0 Å². The number of nitrogens with one attached hydrogen (secondary N) is 1. The number of nitrogens with two attached hydrogens (primary N) is 1. The van der Waals surface area contributed by atoms with E-state index < -0.39 is 5.41 Å². The molecule has 18 heavy (non-hydrogen) atoms. The second-order valence-corrected chi connectivity index (χ2v) is 4.69. The highest BCUT2D eigenvalue weighted by Crippen LogP contribution is 2.42. The van der Waals surface area contributed by atoms with Crippen molar-refractivity contribution in [3.8, 4) is 0 Å². The Hall–Kier alpha value is -2.04. The lowest BCUT2D eigenvalue weighted by Gasteiger charge is -2.38. The summed E-state index contributed by atoms with van der Waals surface area (Å²) in [6.07, 6.45) is 2.17. The SMILES string of the molecule is Cc1ccccc1NC(=O)C1(/C(N)=N/O)CCC1. The molecule has 1 aromatic rings. The van der Waals surface area contributed by atoms with Gasteiger partial charge >= 0.3 is 0 Å². The molecule has 0 aromatic heterocycles. The Labute approximate surface area is 106 Å². The van der Waals surface area contributed by atoms with Gasteiger partial charge in [0.1, 0.15) is 5.41 Å². The molecule has 0 aliphatic heterocycles.